The zero-order valence-electron chi connectivity index (χ0n) is 17.6. The van der Waals surface area contributed by atoms with E-state index in [1.807, 2.05) is 0 Å². The minimum Gasteiger partial charge on any atom is -0.369 e. The molecule has 3 rings (SSSR count). The molecule has 2 heteroatoms. The van der Waals surface area contributed by atoms with Crippen molar-refractivity contribution in [2.75, 3.05) is 37.6 Å². The van der Waals surface area contributed by atoms with Crippen molar-refractivity contribution in [2.45, 2.75) is 46.5 Å². The lowest BCUT2D eigenvalue weighted by molar-refractivity contribution is 0.260. The van der Waals surface area contributed by atoms with E-state index in [2.05, 4.69) is 86.0 Å². The molecule has 0 radical (unpaired) electrons. The molecule has 0 spiro atoms. The van der Waals surface area contributed by atoms with Crippen LogP contribution in [0.3, 0.4) is 0 Å². The third-order valence-electron chi connectivity index (χ3n) is 6.22. The number of para-hydroxylation sites is 1. The van der Waals surface area contributed by atoms with Crippen LogP contribution < -0.4 is 4.90 Å². The summed E-state index contributed by atoms with van der Waals surface area (Å²) in [6, 6.07) is 17.9. The number of hydrogen-bond donors (Lipinski definition) is 0. The Morgan fingerprint density at radius 3 is 2.22 bits per heavy atom. The van der Waals surface area contributed by atoms with E-state index in [4.69, 9.17) is 0 Å². The normalized spacial score (nSPS) is 16.7. The zero-order valence-corrected chi connectivity index (χ0v) is 17.6. The molecule has 1 unspecified atom stereocenters. The summed E-state index contributed by atoms with van der Waals surface area (Å²) >= 11 is 0. The van der Waals surface area contributed by atoms with Gasteiger partial charge in [-0.2, -0.15) is 0 Å². The van der Waals surface area contributed by atoms with Crippen LogP contribution in [0.1, 0.15) is 49.8 Å². The summed E-state index contributed by atoms with van der Waals surface area (Å²) in [7, 11) is 0. The molecule has 0 bridgehead atoms. The second-order valence-corrected chi connectivity index (χ2v) is 8.32. The first-order valence-electron chi connectivity index (χ1n) is 10.7. The third kappa shape index (κ3) is 4.93. The van der Waals surface area contributed by atoms with Gasteiger partial charge >= 0.3 is 0 Å². The predicted molar refractivity (Wildman–Crippen MR) is 118 cm³/mol. The first kappa shape index (κ1) is 19.9. The Morgan fingerprint density at radius 2 is 1.56 bits per heavy atom. The molecule has 0 aromatic heterocycles. The lowest BCUT2D eigenvalue weighted by atomic mass is 9.83. The first-order valence-corrected chi connectivity index (χ1v) is 10.7. The molecular weight excluding hydrogens is 328 g/mol. The Bertz CT molecular complexity index is 714. The van der Waals surface area contributed by atoms with Crippen LogP contribution in [0.25, 0.3) is 0 Å². The van der Waals surface area contributed by atoms with Crippen LogP contribution >= 0.6 is 0 Å². The highest BCUT2D eigenvalue weighted by Gasteiger charge is 2.20. The van der Waals surface area contributed by atoms with E-state index in [0.717, 1.165) is 26.2 Å². The number of anilines is 1. The van der Waals surface area contributed by atoms with Crippen molar-refractivity contribution in [3.8, 4) is 0 Å². The number of hydrogen-bond acceptors (Lipinski definition) is 2. The molecule has 1 atom stereocenters. The van der Waals surface area contributed by atoms with E-state index < -0.39 is 0 Å². The molecule has 0 amide bonds. The van der Waals surface area contributed by atoms with Gasteiger partial charge in [-0.1, -0.05) is 63.2 Å². The van der Waals surface area contributed by atoms with Gasteiger partial charge in [0.25, 0.3) is 0 Å². The standard InChI is InChI=1S/C25H36N2/c1-5-23(20(2)3)24-12-8-7-11-22(24)14-15-26-16-18-27(19-17-26)25-13-9-6-10-21(25)4/h6-13,20,23H,5,14-19H2,1-4H3. The molecule has 27 heavy (non-hydrogen) atoms. The van der Waals surface area contributed by atoms with Gasteiger partial charge in [0, 0.05) is 38.4 Å². The minimum absolute atomic E-state index is 0.680. The summed E-state index contributed by atoms with van der Waals surface area (Å²) in [5.74, 6) is 1.38. The molecule has 1 aliphatic heterocycles. The molecule has 2 aromatic rings. The largest absolute Gasteiger partial charge is 0.369 e. The predicted octanol–water partition coefficient (Wildman–Crippen LogP) is 5.51. The second-order valence-electron chi connectivity index (χ2n) is 8.32. The van der Waals surface area contributed by atoms with Crippen molar-refractivity contribution in [3.63, 3.8) is 0 Å². The fraction of sp³-hybridized carbons (Fsp3) is 0.520. The van der Waals surface area contributed by atoms with Crippen LogP contribution in [0.5, 0.6) is 0 Å². The van der Waals surface area contributed by atoms with Gasteiger partial charge in [-0.15, -0.1) is 0 Å². The molecule has 0 saturated carbocycles. The van der Waals surface area contributed by atoms with E-state index in [-0.39, 0.29) is 0 Å². The topological polar surface area (TPSA) is 6.48 Å². The fourth-order valence-electron chi connectivity index (χ4n) is 4.58. The Hall–Kier alpha value is -1.80. The monoisotopic (exact) mass is 364 g/mol. The average molecular weight is 365 g/mol. The maximum atomic E-state index is 2.64. The lowest BCUT2D eigenvalue weighted by Crippen LogP contribution is -2.47. The molecule has 1 fully saturated rings. The number of piperazine rings is 1. The smallest absolute Gasteiger partial charge is 0.0396 e. The molecule has 0 aliphatic carbocycles. The van der Waals surface area contributed by atoms with Crippen molar-refractivity contribution in [1.29, 1.82) is 0 Å². The van der Waals surface area contributed by atoms with E-state index in [9.17, 15) is 0 Å². The highest BCUT2D eigenvalue weighted by Crippen LogP contribution is 2.30. The summed E-state index contributed by atoms with van der Waals surface area (Å²) in [5, 5.41) is 0. The number of nitrogens with zero attached hydrogens (tertiary/aromatic N) is 2. The Morgan fingerprint density at radius 1 is 0.889 bits per heavy atom. The number of aryl methyl sites for hydroxylation is 1. The molecular formula is C25H36N2. The van der Waals surface area contributed by atoms with Crippen molar-refractivity contribution < 1.29 is 0 Å². The maximum Gasteiger partial charge on any atom is 0.0396 e. The van der Waals surface area contributed by atoms with Crippen LogP contribution in [0.2, 0.25) is 0 Å². The van der Waals surface area contributed by atoms with Gasteiger partial charge in [0.1, 0.15) is 0 Å². The quantitative estimate of drug-likeness (QED) is 0.639. The molecule has 1 saturated heterocycles. The fourth-order valence-corrected chi connectivity index (χ4v) is 4.58. The Labute approximate surface area is 166 Å². The summed E-state index contributed by atoms with van der Waals surface area (Å²) in [6.07, 6.45) is 2.40. The van der Waals surface area contributed by atoms with E-state index in [0.29, 0.717) is 11.8 Å². The van der Waals surface area contributed by atoms with Crippen molar-refractivity contribution in [2.24, 2.45) is 5.92 Å². The zero-order chi connectivity index (χ0) is 19.2. The van der Waals surface area contributed by atoms with E-state index in [1.54, 1.807) is 11.1 Å². The maximum absolute atomic E-state index is 2.64. The van der Waals surface area contributed by atoms with Crippen LogP contribution in [0, 0.1) is 12.8 Å². The van der Waals surface area contributed by atoms with Gasteiger partial charge in [0.05, 0.1) is 0 Å². The third-order valence-corrected chi connectivity index (χ3v) is 6.22. The highest BCUT2D eigenvalue weighted by atomic mass is 15.3. The summed E-state index contributed by atoms with van der Waals surface area (Å²) < 4.78 is 0. The Kier molecular flexibility index (Phi) is 6.95. The van der Waals surface area contributed by atoms with Gasteiger partial charge in [0.15, 0.2) is 0 Å². The van der Waals surface area contributed by atoms with Crippen LogP contribution in [-0.2, 0) is 6.42 Å². The lowest BCUT2D eigenvalue weighted by Gasteiger charge is -2.37. The van der Waals surface area contributed by atoms with Gasteiger partial charge in [-0.25, -0.2) is 0 Å². The molecule has 2 nitrogen and oxygen atoms in total. The van der Waals surface area contributed by atoms with Crippen molar-refractivity contribution in [1.82, 2.24) is 4.90 Å². The van der Waals surface area contributed by atoms with Crippen molar-refractivity contribution >= 4 is 5.69 Å². The van der Waals surface area contributed by atoms with Crippen LogP contribution in [0.4, 0.5) is 5.69 Å². The number of benzene rings is 2. The molecule has 2 aromatic carbocycles. The minimum atomic E-state index is 0.680. The SMILES string of the molecule is CCC(c1ccccc1CCN1CCN(c2ccccc2C)CC1)C(C)C. The van der Waals surface area contributed by atoms with Gasteiger partial charge in [-0.3, -0.25) is 4.90 Å². The summed E-state index contributed by atoms with van der Waals surface area (Å²) in [6.45, 7) is 15.0. The Balaban J connectivity index is 1.57. The van der Waals surface area contributed by atoms with Crippen molar-refractivity contribution in [3.05, 3.63) is 65.2 Å². The van der Waals surface area contributed by atoms with E-state index >= 15 is 0 Å². The van der Waals surface area contributed by atoms with Gasteiger partial charge < -0.3 is 4.90 Å². The highest BCUT2D eigenvalue weighted by molar-refractivity contribution is 5.53. The van der Waals surface area contributed by atoms with Crippen LogP contribution in [-0.4, -0.2) is 37.6 Å². The molecule has 1 aliphatic rings. The second kappa shape index (κ2) is 9.41. The van der Waals surface area contributed by atoms with E-state index in [1.165, 1.54) is 30.6 Å². The molecule has 1 heterocycles. The van der Waals surface area contributed by atoms with Gasteiger partial charge in [0.2, 0.25) is 0 Å². The average Bonchev–Trinajstić information content (AvgIpc) is 2.68. The number of rotatable bonds is 7. The van der Waals surface area contributed by atoms with Crippen LogP contribution in [0.15, 0.2) is 48.5 Å². The summed E-state index contributed by atoms with van der Waals surface area (Å²) in [5.41, 5.74) is 5.93. The summed E-state index contributed by atoms with van der Waals surface area (Å²) in [4.78, 5) is 5.19. The molecule has 146 valence electrons. The van der Waals surface area contributed by atoms with Gasteiger partial charge in [-0.05, 0) is 54.4 Å². The molecule has 0 N–H and O–H groups in total. The first-order chi connectivity index (χ1) is 13.1.